The average molecular weight is 500 g/mol. The summed E-state index contributed by atoms with van der Waals surface area (Å²) in [5.41, 5.74) is 0.623. The van der Waals surface area contributed by atoms with E-state index in [4.69, 9.17) is 14.0 Å². The average Bonchev–Trinajstić information content (AvgIpc) is 3.48. The number of carbonyl (C=O) groups excluding carboxylic acids is 2. The maximum Gasteiger partial charge on any atom is 0.413 e. The molecule has 186 valence electrons. The van der Waals surface area contributed by atoms with Crippen LogP contribution in [0.15, 0.2) is 41.2 Å². The number of carbonyl (C=O) groups is 2. The number of nitrogens with zero attached hydrogens (tertiary/aromatic N) is 6. The monoisotopic (exact) mass is 500 g/mol. The van der Waals surface area contributed by atoms with Crippen LogP contribution >= 0.6 is 0 Å². The highest BCUT2D eigenvalue weighted by Crippen LogP contribution is 2.26. The third kappa shape index (κ3) is 5.24. The summed E-state index contributed by atoms with van der Waals surface area (Å²) in [6.45, 7) is 1.37. The van der Waals surface area contributed by atoms with Crippen LogP contribution in [0.2, 0.25) is 0 Å². The van der Waals surface area contributed by atoms with Crippen molar-refractivity contribution < 1.29 is 32.4 Å². The maximum atomic E-state index is 13.9. The van der Waals surface area contributed by atoms with Crippen LogP contribution in [0.4, 0.5) is 25.1 Å². The van der Waals surface area contributed by atoms with E-state index >= 15 is 0 Å². The van der Waals surface area contributed by atoms with Crippen molar-refractivity contribution in [1.29, 1.82) is 0 Å². The third-order valence-corrected chi connectivity index (χ3v) is 4.79. The van der Waals surface area contributed by atoms with Gasteiger partial charge < -0.3 is 19.3 Å². The molecule has 0 radical (unpaired) electrons. The van der Waals surface area contributed by atoms with Crippen LogP contribution in [0.3, 0.4) is 0 Å². The number of hydrogen-bond acceptors (Lipinski definition) is 10. The second-order valence-electron chi connectivity index (χ2n) is 7.24. The van der Waals surface area contributed by atoms with Gasteiger partial charge in [-0.25, -0.2) is 18.9 Å². The van der Waals surface area contributed by atoms with Crippen LogP contribution < -0.4 is 15.4 Å². The van der Waals surface area contributed by atoms with E-state index in [2.05, 4.69) is 36.1 Å². The lowest BCUT2D eigenvalue weighted by atomic mass is 10.2. The van der Waals surface area contributed by atoms with Gasteiger partial charge in [-0.2, -0.15) is 4.39 Å². The van der Waals surface area contributed by atoms with Gasteiger partial charge in [0.25, 0.3) is 11.8 Å². The van der Waals surface area contributed by atoms with Crippen molar-refractivity contribution in [1.82, 2.24) is 30.1 Å². The van der Waals surface area contributed by atoms with Gasteiger partial charge in [-0.15, -0.1) is 5.10 Å². The number of anilines is 2. The molecule has 36 heavy (non-hydrogen) atoms. The van der Waals surface area contributed by atoms with Gasteiger partial charge in [0.15, 0.2) is 11.5 Å². The molecule has 4 rings (SSSR count). The summed E-state index contributed by atoms with van der Waals surface area (Å²) in [4.78, 5) is 32.2. The zero-order chi connectivity index (χ0) is 25.8. The van der Waals surface area contributed by atoms with E-state index < -0.39 is 29.9 Å². The summed E-state index contributed by atoms with van der Waals surface area (Å²) in [5.74, 6) is -2.07. The Morgan fingerprint density at radius 1 is 1.14 bits per heavy atom. The van der Waals surface area contributed by atoms with E-state index in [9.17, 15) is 18.4 Å². The van der Waals surface area contributed by atoms with E-state index in [1.807, 2.05) is 0 Å². The van der Waals surface area contributed by atoms with Crippen molar-refractivity contribution in [2.24, 2.45) is 7.05 Å². The first kappa shape index (κ1) is 24.2. The number of nitrogens with one attached hydrogen (secondary N) is 2. The first-order valence-corrected chi connectivity index (χ1v) is 10.2. The molecule has 4 heterocycles. The molecule has 0 unspecified atom stereocenters. The molecule has 0 fully saturated rings. The Balaban J connectivity index is 1.44. The fourth-order valence-corrected chi connectivity index (χ4v) is 3.01. The quantitative estimate of drug-likeness (QED) is 0.361. The maximum absolute atomic E-state index is 13.9. The first-order chi connectivity index (χ1) is 17.2. The summed E-state index contributed by atoms with van der Waals surface area (Å²) in [6.07, 6.45) is -0.0272. The third-order valence-electron chi connectivity index (χ3n) is 4.79. The van der Waals surface area contributed by atoms with E-state index in [-0.39, 0.29) is 28.7 Å². The Morgan fingerprint density at radius 3 is 2.64 bits per heavy atom. The second kappa shape index (κ2) is 10.1. The standard InChI is InChI=1S/C21H18F2N8O5/c1-10(13-6-11(22)8-25-18(13)23)35-21(33)27-19-17(28-30-31(19)2)14-5-4-12(9-24-14)26-20(32)15-7-16(34-3)29-36-15/h4-10H,1-3H3,(H,26,32)(H,27,33)/t10-/m1/s1. The Bertz CT molecular complexity index is 1410. The Labute approximate surface area is 201 Å². The Hall–Kier alpha value is -4.95. The lowest BCUT2D eigenvalue weighted by Crippen LogP contribution is -2.19. The number of amides is 2. The molecule has 4 aromatic heterocycles. The van der Waals surface area contributed by atoms with Crippen LogP contribution in [0.1, 0.15) is 29.1 Å². The van der Waals surface area contributed by atoms with Gasteiger partial charge in [-0.05, 0) is 30.3 Å². The summed E-state index contributed by atoms with van der Waals surface area (Å²) in [5, 5.41) is 16.5. The van der Waals surface area contributed by atoms with Gasteiger partial charge in [-0.3, -0.25) is 15.1 Å². The number of rotatable bonds is 7. The van der Waals surface area contributed by atoms with Crippen molar-refractivity contribution >= 4 is 23.5 Å². The van der Waals surface area contributed by atoms with Crippen LogP contribution in [0, 0.1) is 11.8 Å². The molecule has 0 saturated heterocycles. The Kier molecular flexibility index (Phi) is 6.80. The van der Waals surface area contributed by atoms with Crippen molar-refractivity contribution in [3.8, 4) is 17.3 Å². The van der Waals surface area contributed by atoms with Gasteiger partial charge in [-0.1, -0.05) is 5.21 Å². The lowest BCUT2D eigenvalue weighted by Gasteiger charge is -2.15. The zero-order valence-corrected chi connectivity index (χ0v) is 19.0. The van der Waals surface area contributed by atoms with Crippen molar-refractivity contribution in [3.05, 3.63) is 59.7 Å². The van der Waals surface area contributed by atoms with Crippen molar-refractivity contribution in [2.45, 2.75) is 13.0 Å². The molecule has 0 saturated carbocycles. The minimum atomic E-state index is -1.14. The summed E-state index contributed by atoms with van der Waals surface area (Å²) < 4.78 is 43.4. The molecule has 0 aromatic carbocycles. The van der Waals surface area contributed by atoms with E-state index in [1.54, 1.807) is 6.07 Å². The predicted octanol–water partition coefficient (Wildman–Crippen LogP) is 3.11. The molecule has 0 spiro atoms. The largest absolute Gasteiger partial charge is 0.479 e. The minimum absolute atomic E-state index is 0.0574. The minimum Gasteiger partial charge on any atom is -0.479 e. The first-order valence-electron chi connectivity index (χ1n) is 10.2. The molecule has 4 aromatic rings. The molecular formula is C21H18F2N8O5. The molecule has 13 nitrogen and oxygen atoms in total. The van der Waals surface area contributed by atoms with Crippen molar-refractivity contribution in [3.63, 3.8) is 0 Å². The Morgan fingerprint density at radius 2 is 1.94 bits per heavy atom. The lowest BCUT2D eigenvalue weighted by molar-refractivity contribution is 0.0987. The van der Waals surface area contributed by atoms with Gasteiger partial charge >= 0.3 is 6.09 Å². The number of methoxy groups -OCH3 is 1. The molecule has 0 aliphatic heterocycles. The second-order valence-corrected chi connectivity index (χ2v) is 7.24. The molecule has 0 aliphatic rings. The molecule has 1 atom stereocenters. The number of aryl methyl sites for hydroxylation is 1. The highest BCUT2D eigenvalue weighted by Gasteiger charge is 2.22. The number of pyridine rings is 2. The highest BCUT2D eigenvalue weighted by molar-refractivity contribution is 6.02. The fraction of sp³-hybridized carbons (Fsp3) is 0.190. The molecule has 0 bridgehead atoms. The van der Waals surface area contributed by atoms with Crippen LogP contribution in [-0.4, -0.2) is 49.2 Å². The molecule has 2 amide bonds. The molecule has 15 heteroatoms. The van der Waals surface area contributed by atoms with E-state index in [0.717, 1.165) is 6.07 Å². The van der Waals surface area contributed by atoms with Gasteiger partial charge in [0, 0.05) is 7.05 Å². The van der Waals surface area contributed by atoms with Crippen LogP contribution in [-0.2, 0) is 11.8 Å². The smallest absolute Gasteiger partial charge is 0.413 e. The highest BCUT2D eigenvalue weighted by atomic mass is 19.1. The normalized spacial score (nSPS) is 11.6. The van der Waals surface area contributed by atoms with Gasteiger partial charge in [0.2, 0.25) is 11.7 Å². The van der Waals surface area contributed by atoms with E-state index in [1.165, 1.54) is 44.1 Å². The number of hydrogen-bond donors (Lipinski definition) is 2. The molecule has 0 aliphatic carbocycles. The summed E-state index contributed by atoms with van der Waals surface area (Å²) in [6, 6.07) is 5.30. The van der Waals surface area contributed by atoms with E-state index in [0.29, 0.717) is 17.6 Å². The summed E-state index contributed by atoms with van der Waals surface area (Å²) >= 11 is 0. The topological polar surface area (TPSA) is 159 Å². The fourth-order valence-electron chi connectivity index (χ4n) is 3.01. The summed E-state index contributed by atoms with van der Waals surface area (Å²) in [7, 11) is 2.91. The van der Waals surface area contributed by atoms with Crippen LogP contribution in [0.25, 0.3) is 11.4 Å². The van der Waals surface area contributed by atoms with Crippen molar-refractivity contribution in [2.75, 3.05) is 17.7 Å². The number of ether oxygens (including phenoxy) is 2. The number of halogens is 2. The van der Waals surface area contributed by atoms with Gasteiger partial charge in [0.05, 0.1) is 42.5 Å². The SMILES string of the molecule is COc1cc(C(=O)Nc2ccc(-c3nnn(C)c3NC(=O)O[C@H](C)c3cc(F)cnc3F)nc2)on1. The molecular weight excluding hydrogens is 482 g/mol. The van der Waals surface area contributed by atoms with Gasteiger partial charge in [0.1, 0.15) is 11.9 Å². The zero-order valence-electron chi connectivity index (χ0n) is 19.0. The van der Waals surface area contributed by atoms with Crippen LogP contribution in [0.5, 0.6) is 5.88 Å². The number of aromatic nitrogens is 6. The molecule has 2 N–H and O–H groups in total. The predicted molar refractivity (Wildman–Crippen MR) is 118 cm³/mol.